The Hall–Kier alpha value is -0.910. The summed E-state index contributed by atoms with van der Waals surface area (Å²) in [5.74, 6) is 0.112. The number of ketones is 1. The average molecular weight is 283 g/mol. The Kier molecular flexibility index (Phi) is 3.37. The predicted octanol–water partition coefficient (Wildman–Crippen LogP) is 1.30. The molecule has 0 N–H and O–H groups in total. The van der Waals surface area contributed by atoms with Crippen molar-refractivity contribution in [3.05, 3.63) is 16.9 Å². The highest BCUT2D eigenvalue weighted by molar-refractivity contribution is 6.33. The molecule has 104 valence electrons. The average Bonchev–Trinajstić information content (AvgIpc) is 2.81. The predicted molar refractivity (Wildman–Crippen MR) is 73.8 cm³/mol. The number of piperazine rings is 3. The van der Waals surface area contributed by atoms with Crippen molar-refractivity contribution in [2.24, 2.45) is 0 Å². The van der Waals surface area contributed by atoms with E-state index in [0.29, 0.717) is 10.7 Å². The largest absolute Gasteiger partial charge is 0.299 e. The molecule has 6 heteroatoms. The molecule has 0 aliphatic carbocycles. The van der Waals surface area contributed by atoms with E-state index in [4.69, 9.17) is 11.6 Å². The van der Waals surface area contributed by atoms with Gasteiger partial charge in [-0.3, -0.25) is 19.3 Å². The van der Waals surface area contributed by atoms with Crippen molar-refractivity contribution in [3.8, 4) is 0 Å². The lowest BCUT2D eigenvalue weighted by Crippen LogP contribution is -2.63. The third-order valence-electron chi connectivity index (χ3n) is 4.05. The van der Waals surface area contributed by atoms with Crippen molar-refractivity contribution in [2.45, 2.75) is 25.9 Å². The molecule has 5 nitrogen and oxygen atoms in total. The number of rotatable bonds is 3. The van der Waals surface area contributed by atoms with E-state index in [-0.39, 0.29) is 17.9 Å². The quantitative estimate of drug-likeness (QED) is 0.784. The molecule has 0 spiro atoms. The second-order valence-electron chi connectivity index (χ2n) is 5.60. The minimum absolute atomic E-state index is 0.0609. The van der Waals surface area contributed by atoms with Crippen LogP contribution in [-0.4, -0.2) is 64.1 Å². The third-order valence-corrected chi connectivity index (χ3v) is 4.33. The smallest absolute Gasteiger partial charge is 0.200 e. The van der Waals surface area contributed by atoms with Crippen molar-refractivity contribution >= 4 is 17.4 Å². The molecule has 3 aliphatic rings. The summed E-state index contributed by atoms with van der Waals surface area (Å²) in [4.78, 5) is 17.4. The number of aromatic nitrogens is 2. The fourth-order valence-electron chi connectivity index (χ4n) is 2.99. The van der Waals surface area contributed by atoms with E-state index in [1.807, 2.05) is 13.8 Å². The van der Waals surface area contributed by atoms with Gasteiger partial charge in [0.2, 0.25) is 5.78 Å². The lowest BCUT2D eigenvalue weighted by molar-refractivity contribution is 0.0153. The highest BCUT2D eigenvalue weighted by Crippen LogP contribution is 2.25. The molecule has 2 bridgehead atoms. The molecule has 1 aromatic heterocycles. The van der Waals surface area contributed by atoms with Gasteiger partial charge in [-0.1, -0.05) is 11.6 Å². The minimum Gasteiger partial charge on any atom is -0.299 e. The SMILES string of the molecule is CC(C)n1ncc(Cl)c1C(=O)C1CN2CCN1CC2. The normalized spacial score (nSPS) is 30.0. The molecule has 0 radical (unpaired) electrons. The standard InChI is InChI=1S/C13H19ClN4O/c1-9(2)18-12(10(14)7-15-18)13(19)11-8-16-3-5-17(11)6-4-16/h7,9,11H,3-6,8H2,1-2H3. The van der Waals surface area contributed by atoms with Crippen molar-refractivity contribution in [1.82, 2.24) is 19.6 Å². The lowest BCUT2D eigenvalue weighted by atomic mass is 10.0. The molecule has 3 saturated heterocycles. The summed E-state index contributed by atoms with van der Waals surface area (Å²) in [6.07, 6.45) is 1.57. The number of hydrogen-bond donors (Lipinski definition) is 0. The van der Waals surface area contributed by atoms with Crippen molar-refractivity contribution < 1.29 is 4.79 Å². The van der Waals surface area contributed by atoms with Crippen LogP contribution >= 0.6 is 11.6 Å². The maximum atomic E-state index is 12.8. The lowest BCUT2D eigenvalue weighted by Gasteiger charge is -2.46. The van der Waals surface area contributed by atoms with E-state index in [9.17, 15) is 4.79 Å². The molecular weight excluding hydrogens is 264 g/mol. The number of carbonyl (C=O) groups excluding carboxylic acids is 1. The van der Waals surface area contributed by atoms with Gasteiger partial charge in [-0.2, -0.15) is 5.10 Å². The van der Waals surface area contributed by atoms with Crippen LogP contribution in [0.3, 0.4) is 0 Å². The summed E-state index contributed by atoms with van der Waals surface area (Å²) in [5, 5.41) is 4.69. The molecule has 1 aromatic rings. The van der Waals surface area contributed by atoms with Crippen molar-refractivity contribution in [2.75, 3.05) is 32.7 Å². The molecule has 0 aromatic carbocycles. The zero-order valence-corrected chi connectivity index (χ0v) is 12.1. The third kappa shape index (κ3) is 2.20. The zero-order chi connectivity index (χ0) is 13.6. The maximum Gasteiger partial charge on any atom is 0.200 e. The number of carbonyl (C=O) groups is 1. The number of halogens is 1. The van der Waals surface area contributed by atoms with Gasteiger partial charge in [0.25, 0.3) is 0 Å². The Morgan fingerprint density at radius 2 is 2.05 bits per heavy atom. The topological polar surface area (TPSA) is 41.4 Å². The maximum absolute atomic E-state index is 12.8. The van der Waals surface area contributed by atoms with Gasteiger partial charge in [0, 0.05) is 38.8 Å². The number of hydrogen-bond acceptors (Lipinski definition) is 4. The fourth-order valence-corrected chi connectivity index (χ4v) is 3.21. The van der Waals surface area contributed by atoms with Crippen LogP contribution in [-0.2, 0) is 0 Å². The first kappa shape index (κ1) is 13.1. The summed E-state index contributed by atoms with van der Waals surface area (Å²) >= 11 is 6.17. The van der Waals surface area contributed by atoms with Crippen molar-refractivity contribution in [1.29, 1.82) is 0 Å². The Morgan fingerprint density at radius 1 is 1.37 bits per heavy atom. The molecule has 0 saturated carbocycles. The summed E-state index contributed by atoms with van der Waals surface area (Å²) < 4.78 is 1.74. The minimum atomic E-state index is -0.0609. The molecule has 1 unspecified atom stereocenters. The summed E-state index contributed by atoms with van der Waals surface area (Å²) in [6.45, 7) is 8.93. The summed E-state index contributed by atoms with van der Waals surface area (Å²) in [5.41, 5.74) is 0.565. The van der Waals surface area contributed by atoms with E-state index in [0.717, 1.165) is 32.7 Å². The monoisotopic (exact) mass is 282 g/mol. The number of nitrogens with zero attached hydrogens (tertiary/aromatic N) is 4. The van der Waals surface area contributed by atoms with E-state index in [1.54, 1.807) is 10.9 Å². The Labute approximate surface area is 118 Å². The Bertz CT molecular complexity index is 491. The molecular formula is C13H19ClN4O. The van der Waals surface area contributed by atoms with E-state index >= 15 is 0 Å². The first-order valence-corrected chi connectivity index (χ1v) is 7.19. The van der Waals surface area contributed by atoms with Crippen LogP contribution in [0.15, 0.2) is 6.20 Å². The molecule has 4 rings (SSSR count). The van der Waals surface area contributed by atoms with Gasteiger partial charge in [0.05, 0.1) is 17.3 Å². The Balaban J connectivity index is 1.90. The van der Waals surface area contributed by atoms with Gasteiger partial charge in [-0.15, -0.1) is 0 Å². The van der Waals surface area contributed by atoms with Crippen LogP contribution in [0, 0.1) is 0 Å². The van der Waals surface area contributed by atoms with Crippen LogP contribution in [0.25, 0.3) is 0 Å². The van der Waals surface area contributed by atoms with E-state index in [2.05, 4.69) is 14.9 Å². The molecule has 0 amide bonds. The van der Waals surface area contributed by atoms with Crippen molar-refractivity contribution in [3.63, 3.8) is 0 Å². The molecule has 3 fully saturated rings. The van der Waals surface area contributed by atoms with Gasteiger partial charge in [-0.25, -0.2) is 0 Å². The zero-order valence-electron chi connectivity index (χ0n) is 11.3. The van der Waals surface area contributed by atoms with Crippen LogP contribution < -0.4 is 0 Å². The van der Waals surface area contributed by atoms with Crippen LogP contribution in [0.4, 0.5) is 0 Å². The van der Waals surface area contributed by atoms with Gasteiger partial charge in [0.15, 0.2) is 0 Å². The number of Topliss-reactive ketones (excluding diaryl/α,β-unsaturated/α-hetero) is 1. The van der Waals surface area contributed by atoms with Crippen LogP contribution in [0.5, 0.6) is 0 Å². The van der Waals surface area contributed by atoms with E-state index in [1.165, 1.54) is 0 Å². The first-order chi connectivity index (χ1) is 9.08. The molecule has 19 heavy (non-hydrogen) atoms. The van der Waals surface area contributed by atoms with E-state index < -0.39 is 0 Å². The highest BCUT2D eigenvalue weighted by atomic mass is 35.5. The van der Waals surface area contributed by atoms with Gasteiger partial charge in [-0.05, 0) is 13.8 Å². The second-order valence-corrected chi connectivity index (χ2v) is 6.00. The van der Waals surface area contributed by atoms with Crippen LogP contribution in [0.1, 0.15) is 30.4 Å². The van der Waals surface area contributed by atoms with Crippen LogP contribution in [0.2, 0.25) is 5.02 Å². The highest BCUT2D eigenvalue weighted by Gasteiger charge is 2.38. The summed E-state index contributed by atoms with van der Waals surface area (Å²) in [6, 6.07) is 0.0803. The number of fused-ring (bicyclic) bond motifs is 3. The van der Waals surface area contributed by atoms with Gasteiger partial charge in [0.1, 0.15) is 5.69 Å². The van der Waals surface area contributed by atoms with Gasteiger partial charge < -0.3 is 0 Å². The molecule has 4 heterocycles. The molecule has 1 atom stereocenters. The summed E-state index contributed by atoms with van der Waals surface area (Å²) in [7, 11) is 0. The Morgan fingerprint density at radius 3 is 2.58 bits per heavy atom. The second kappa shape index (κ2) is 4.89. The molecule has 3 aliphatic heterocycles. The van der Waals surface area contributed by atoms with Gasteiger partial charge >= 0.3 is 0 Å². The first-order valence-electron chi connectivity index (χ1n) is 6.81. The fraction of sp³-hybridized carbons (Fsp3) is 0.692.